The molecule has 0 saturated carbocycles. The molecule has 0 atom stereocenters. The minimum Gasteiger partial charge on any atom is -0.378 e. The van der Waals surface area contributed by atoms with E-state index in [1.165, 1.54) is 10.6 Å². The van der Waals surface area contributed by atoms with Gasteiger partial charge in [0.15, 0.2) is 0 Å². The molecule has 0 bridgehead atoms. The number of hydrogen-bond acceptors (Lipinski definition) is 4. The van der Waals surface area contributed by atoms with Crippen molar-refractivity contribution in [3.63, 3.8) is 0 Å². The highest BCUT2D eigenvalue weighted by Gasteiger charge is 2.13. The summed E-state index contributed by atoms with van der Waals surface area (Å²) in [6.45, 7) is 3.63. The molecule has 1 aromatic rings. The Morgan fingerprint density at radius 1 is 1.43 bits per heavy atom. The molecule has 2 heterocycles. The molecule has 3 nitrogen and oxygen atoms in total. The van der Waals surface area contributed by atoms with Gasteiger partial charge in [-0.25, -0.2) is 0 Å². The molecule has 0 radical (unpaired) electrons. The van der Waals surface area contributed by atoms with Crippen LogP contribution >= 0.6 is 11.8 Å². The van der Waals surface area contributed by atoms with E-state index in [2.05, 4.69) is 22.2 Å². The Morgan fingerprint density at radius 2 is 2.21 bits per heavy atom. The van der Waals surface area contributed by atoms with Gasteiger partial charge in [0.05, 0.1) is 18.9 Å². The van der Waals surface area contributed by atoms with Gasteiger partial charge in [-0.15, -0.1) is 11.8 Å². The van der Waals surface area contributed by atoms with E-state index in [4.69, 9.17) is 4.74 Å². The van der Waals surface area contributed by atoms with Crippen molar-refractivity contribution in [3.8, 4) is 0 Å². The molecule has 1 aromatic heterocycles. The van der Waals surface area contributed by atoms with Crippen LogP contribution in [0, 0.1) is 0 Å². The maximum atomic E-state index is 5.33. The van der Waals surface area contributed by atoms with Gasteiger partial charge >= 0.3 is 0 Å². The van der Waals surface area contributed by atoms with Gasteiger partial charge in [-0.3, -0.25) is 4.98 Å². The lowest BCUT2D eigenvalue weighted by atomic mass is 10.3. The zero-order valence-electron chi connectivity index (χ0n) is 8.27. The number of hydrogen-bond donors (Lipinski definition) is 0. The third-order valence-electron chi connectivity index (χ3n) is 2.33. The van der Waals surface area contributed by atoms with E-state index >= 15 is 0 Å². The zero-order valence-corrected chi connectivity index (χ0v) is 9.09. The molecule has 1 saturated heterocycles. The molecule has 0 amide bonds. The molecule has 2 rings (SSSR count). The highest BCUT2D eigenvalue weighted by atomic mass is 32.2. The van der Waals surface area contributed by atoms with Gasteiger partial charge in [-0.1, -0.05) is 0 Å². The summed E-state index contributed by atoms with van der Waals surface area (Å²) in [5.74, 6) is 0. The molecule has 0 aromatic carbocycles. The molecular formula is C10H14N2OS. The van der Waals surface area contributed by atoms with E-state index < -0.39 is 0 Å². The molecule has 1 aliphatic heterocycles. The van der Waals surface area contributed by atoms with Crippen LogP contribution in [0.5, 0.6) is 0 Å². The largest absolute Gasteiger partial charge is 0.378 e. The molecule has 0 unspecified atom stereocenters. The highest BCUT2D eigenvalue weighted by Crippen LogP contribution is 2.27. The van der Waals surface area contributed by atoms with Gasteiger partial charge in [0.25, 0.3) is 0 Å². The van der Waals surface area contributed by atoms with E-state index in [1.807, 2.05) is 12.4 Å². The quantitative estimate of drug-likeness (QED) is 0.693. The molecule has 0 aliphatic carbocycles. The van der Waals surface area contributed by atoms with Gasteiger partial charge in [-0.2, -0.15) is 0 Å². The third-order valence-corrected chi connectivity index (χ3v) is 3.09. The first-order valence-electron chi connectivity index (χ1n) is 4.72. The molecule has 1 fully saturated rings. The van der Waals surface area contributed by atoms with Crippen molar-refractivity contribution in [2.24, 2.45) is 0 Å². The van der Waals surface area contributed by atoms with E-state index in [9.17, 15) is 0 Å². The second-order valence-electron chi connectivity index (χ2n) is 3.15. The number of rotatable bonds is 2. The van der Waals surface area contributed by atoms with Gasteiger partial charge in [0.2, 0.25) is 0 Å². The normalized spacial score (nSPS) is 17.1. The predicted molar refractivity (Wildman–Crippen MR) is 59.1 cm³/mol. The van der Waals surface area contributed by atoms with Crippen molar-refractivity contribution in [1.29, 1.82) is 0 Å². The zero-order chi connectivity index (χ0) is 9.80. The minimum absolute atomic E-state index is 0.830. The molecule has 0 N–H and O–H groups in total. The summed E-state index contributed by atoms with van der Waals surface area (Å²) in [7, 11) is 0. The summed E-state index contributed by atoms with van der Waals surface area (Å²) in [6.07, 6.45) is 5.86. The van der Waals surface area contributed by atoms with Crippen LogP contribution in [0.3, 0.4) is 0 Å². The Bertz CT molecular complexity index is 300. The Balaban J connectivity index is 2.20. The number of ether oxygens (including phenoxy) is 1. The molecule has 14 heavy (non-hydrogen) atoms. The second kappa shape index (κ2) is 4.66. The van der Waals surface area contributed by atoms with Gasteiger partial charge < -0.3 is 9.64 Å². The van der Waals surface area contributed by atoms with Crippen LogP contribution < -0.4 is 4.90 Å². The predicted octanol–water partition coefficient (Wildman–Crippen LogP) is 1.64. The van der Waals surface area contributed by atoms with Gasteiger partial charge in [0.1, 0.15) is 0 Å². The lowest BCUT2D eigenvalue weighted by Gasteiger charge is -2.29. The van der Waals surface area contributed by atoms with Gasteiger partial charge in [-0.05, 0) is 12.3 Å². The van der Waals surface area contributed by atoms with E-state index in [0.717, 1.165) is 26.3 Å². The van der Waals surface area contributed by atoms with Crippen LogP contribution in [-0.4, -0.2) is 37.5 Å². The minimum atomic E-state index is 0.830. The van der Waals surface area contributed by atoms with Crippen LogP contribution in [0.2, 0.25) is 0 Å². The van der Waals surface area contributed by atoms with Crippen molar-refractivity contribution >= 4 is 17.4 Å². The lowest BCUT2D eigenvalue weighted by Crippen LogP contribution is -2.36. The summed E-state index contributed by atoms with van der Waals surface area (Å²) in [5, 5.41) is 0. The van der Waals surface area contributed by atoms with E-state index in [1.54, 1.807) is 11.8 Å². The highest BCUT2D eigenvalue weighted by molar-refractivity contribution is 7.98. The second-order valence-corrected chi connectivity index (χ2v) is 4.00. The first-order chi connectivity index (χ1) is 6.92. The van der Waals surface area contributed by atoms with E-state index in [-0.39, 0.29) is 0 Å². The van der Waals surface area contributed by atoms with Crippen LogP contribution in [0.4, 0.5) is 5.69 Å². The number of nitrogens with zero attached hydrogens (tertiary/aromatic N) is 2. The average molecular weight is 210 g/mol. The summed E-state index contributed by atoms with van der Waals surface area (Å²) < 4.78 is 5.33. The van der Waals surface area contributed by atoms with Crippen molar-refractivity contribution in [3.05, 3.63) is 18.5 Å². The van der Waals surface area contributed by atoms with Crippen LogP contribution in [0.25, 0.3) is 0 Å². The summed E-state index contributed by atoms with van der Waals surface area (Å²) in [4.78, 5) is 7.74. The van der Waals surface area contributed by atoms with Crippen molar-refractivity contribution < 1.29 is 4.74 Å². The monoisotopic (exact) mass is 210 g/mol. The number of thioether (sulfide) groups is 1. The molecule has 76 valence electrons. The molecule has 0 spiro atoms. The third kappa shape index (κ3) is 2.01. The number of morpholine rings is 1. The number of anilines is 1. The van der Waals surface area contributed by atoms with Crippen LogP contribution in [0.1, 0.15) is 0 Å². The van der Waals surface area contributed by atoms with Crippen molar-refractivity contribution in [1.82, 2.24) is 4.98 Å². The molecular weight excluding hydrogens is 196 g/mol. The number of pyridine rings is 1. The molecule has 4 heteroatoms. The fraction of sp³-hybridized carbons (Fsp3) is 0.500. The van der Waals surface area contributed by atoms with Gasteiger partial charge in [0, 0.05) is 30.4 Å². The topological polar surface area (TPSA) is 25.4 Å². The Kier molecular flexibility index (Phi) is 3.26. The van der Waals surface area contributed by atoms with E-state index in [0.29, 0.717) is 0 Å². The van der Waals surface area contributed by atoms with Crippen molar-refractivity contribution in [2.75, 3.05) is 37.5 Å². The average Bonchev–Trinajstić information content (AvgIpc) is 2.30. The Labute approximate surface area is 88.5 Å². The fourth-order valence-corrected chi connectivity index (χ4v) is 2.17. The summed E-state index contributed by atoms with van der Waals surface area (Å²) >= 11 is 1.74. The first kappa shape index (κ1) is 9.80. The van der Waals surface area contributed by atoms with Crippen molar-refractivity contribution in [2.45, 2.75) is 4.90 Å². The standard InChI is InChI=1S/C10H14N2OS/c1-14-10-8-11-3-2-9(10)12-4-6-13-7-5-12/h2-3,8H,4-7H2,1H3. The SMILES string of the molecule is CSc1cnccc1N1CCOCC1. The number of aromatic nitrogens is 1. The first-order valence-corrected chi connectivity index (χ1v) is 5.95. The van der Waals surface area contributed by atoms with Crippen LogP contribution in [0.15, 0.2) is 23.4 Å². The molecule has 1 aliphatic rings. The van der Waals surface area contributed by atoms with Crippen LogP contribution in [-0.2, 0) is 4.74 Å². The summed E-state index contributed by atoms with van der Waals surface area (Å²) in [6, 6.07) is 2.08. The maximum Gasteiger partial charge on any atom is 0.0642 e. The maximum absolute atomic E-state index is 5.33. The Hall–Kier alpha value is -0.740. The smallest absolute Gasteiger partial charge is 0.0642 e. The Morgan fingerprint density at radius 3 is 2.93 bits per heavy atom. The fourth-order valence-electron chi connectivity index (χ4n) is 1.60. The lowest BCUT2D eigenvalue weighted by molar-refractivity contribution is 0.122. The summed E-state index contributed by atoms with van der Waals surface area (Å²) in [5.41, 5.74) is 1.29.